The molecule has 2 aliphatic carbocycles. The molecular formula is C24H24F12O8Ru2. The predicted molar refractivity (Wildman–Crippen MR) is 118 cm³/mol. The van der Waals surface area contributed by atoms with Crippen LogP contribution >= 0.6 is 0 Å². The summed E-state index contributed by atoms with van der Waals surface area (Å²) in [7, 11) is 0. The maximum atomic E-state index is 10.5. The van der Waals surface area contributed by atoms with E-state index < -0.39 is 48.6 Å². The third-order valence-corrected chi connectivity index (χ3v) is 3.59. The Bertz CT molecular complexity index is 779. The summed E-state index contributed by atoms with van der Waals surface area (Å²) in [5.74, 6) is -12.0. The van der Waals surface area contributed by atoms with Crippen LogP contribution in [0.4, 0.5) is 52.7 Å². The first-order valence-corrected chi connectivity index (χ1v) is 11.5. The average molecular weight is 871 g/mol. The van der Waals surface area contributed by atoms with Gasteiger partial charge in [0.25, 0.3) is 0 Å². The first-order chi connectivity index (χ1) is 19.8. The zero-order chi connectivity index (χ0) is 35.6. The maximum Gasteiger partial charge on any atom is 2.00 e. The zero-order valence-electron chi connectivity index (χ0n) is 22.8. The predicted octanol–water partition coefficient (Wildman–Crippen LogP) is 2.54. The van der Waals surface area contributed by atoms with Gasteiger partial charge in [0.05, 0.1) is 0 Å². The molecule has 268 valence electrons. The van der Waals surface area contributed by atoms with Crippen LogP contribution in [0.25, 0.3) is 0 Å². The van der Waals surface area contributed by atoms with E-state index >= 15 is 0 Å². The van der Waals surface area contributed by atoms with Gasteiger partial charge in [0, 0.05) is 0 Å². The Balaban J connectivity index is -0.000000104. The Morgan fingerprint density at radius 1 is 0.326 bits per heavy atom. The van der Waals surface area contributed by atoms with E-state index in [0.29, 0.717) is 0 Å². The first-order valence-electron chi connectivity index (χ1n) is 11.5. The van der Waals surface area contributed by atoms with Crippen molar-refractivity contribution in [3.63, 3.8) is 0 Å². The third kappa shape index (κ3) is 48.2. The van der Waals surface area contributed by atoms with Crippen molar-refractivity contribution in [2.24, 2.45) is 0 Å². The number of carboxylic acid groups (broad SMARTS) is 4. The maximum absolute atomic E-state index is 10.5. The van der Waals surface area contributed by atoms with Gasteiger partial charge in [-0.15, -0.1) is 0 Å². The van der Waals surface area contributed by atoms with Gasteiger partial charge in [-0.1, -0.05) is 48.6 Å². The second-order valence-corrected chi connectivity index (χ2v) is 7.34. The number of carbonyl (C=O) groups is 4. The second kappa shape index (κ2) is 29.6. The Kier molecular flexibility index (Phi) is 35.8. The molecule has 0 amide bonds. The molecule has 8 nitrogen and oxygen atoms in total. The number of halogens is 12. The molecule has 0 aliphatic heterocycles. The standard InChI is InChI=1S/2C8H12.4C2HF3O2.2Ru/c2*1-2-4-6-8-7-5-3-1;4*3-2(4,5)1(6)7;;/h2*1-2,7-8H,3-6H2;4*(H,6,7);;/q;;;;;;2*+2/p-4. The third-order valence-electron chi connectivity index (χ3n) is 3.59. The van der Waals surface area contributed by atoms with Crippen LogP contribution < -0.4 is 20.4 Å². The number of hydrogen-bond acceptors (Lipinski definition) is 8. The summed E-state index contributed by atoms with van der Waals surface area (Å²) in [6, 6.07) is 0. The fraction of sp³-hybridized carbons (Fsp3) is 0.500. The van der Waals surface area contributed by atoms with Crippen LogP contribution in [0.2, 0.25) is 0 Å². The van der Waals surface area contributed by atoms with Crippen LogP contribution in [0.3, 0.4) is 0 Å². The summed E-state index contributed by atoms with van der Waals surface area (Å²) < 4.78 is 126. The van der Waals surface area contributed by atoms with Crippen molar-refractivity contribution in [1.82, 2.24) is 0 Å². The van der Waals surface area contributed by atoms with Gasteiger partial charge in [0.15, 0.2) is 0 Å². The quantitative estimate of drug-likeness (QED) is 0.204. The molecule has 0 saturated heterocycles. The van der Waals surface area contributed by atoms with Gasteiger partial charge in [-0.25, -0.2) is 0 Å². The molecule has 0 fully saturated rings. The van der Waals surface area contributed by atoms with Crippen LogP contribution in [0.1, 0.15) is 51.4 Å². The molecule has 0 radical (unpaired) electrons. The first kappa shape index (κ1) is 55.6. The van der Waals surface area contributed by atoms with Gasteiger partial charge in [0.1, 0.15) is 23.9 Å². The van der Waals surface area contributed by atoms with Crippen LogP contribution in [-0.2, 0) is 58.1 Å². The molecule has 0 heterocycles. The van der Waals surface area contributed by atoms with Crippen molar-refractivity contribution < 1.29 is 131 Å². The molecule has 0 bridgehead atoms. The second-order valence-electron chi connectivity index (χ2n) is 7.34. The molecule has 2 rings (SSSR count). The van der Waals surface area contributed by atoms with Crippen LogP contribution in [0, 0.1) is 0 Å². The number of carbonyl (C=O) groups excluding carboxylic acids is 4. The Morgan fingerprint density at radius 3 is 0.435 bits per heavy atom. The van der Waals surface area contributed by atoms with E-state index in [1.807, 2.05) is 0 Å². The van der Waals surface area contributed by atoms with Gasteiger partial charge in [-0.3, -0.25) is 0 Å². The number of allylic oxidation sites excluding steroid dienone is 8. The monoisotopic (exact) mass is 872 g/mol. The number of hydrogen-bond donors (Lipinski definition) is 0. The van der Waals surface area contributed by atoms with Crippen molar-refractivity contribution in [2.75, 3.05) is 0 Å². The van der Waals surface area contributed by atoms with Gasteiger partial charge in [-0.2, -0.15) is 52.7 Å². The molecule has 0 saturated carbocycles. The number of rotatable bonds is 0. The Hall–Kier alpha value is -2.75. The smallest absolute Gasteiger partial charge is 0.542 e. The summed E-state index contributed by atoms with van der Waals surface area (Å²) in [4.78, 5) is 35.1. The van der Waals surface area contributed by atoms with E-state index in [-0.39, 0.29) is 39.0 Å². The summed E-state index contributed by atoms with van der Waals surface area (Å²) >= 11 is 0. The number of carboxylic acids is 4. The van der Waals surface area contributed by atoms with Gasteiger partial charge < -0.3 is 39.6 Å². The minimum absolute atomic E-state index is 0. The fourth-order valence-corrected chi connectivity index (χ4v) is 1.71. The van der Waals surface area contributed by atoms with E-state index in [4.69, 9.17) is 39.6 Å². The SMILES string of the molecule is C1=CCCC=CCC1.C1=CCCC=CCC1.O=C([O-])C(F)(F)F.O=C([O-])C(F)(F)F.O=C([O-])C(F)(F)F.O=C([O-])C(F)(F)F.[Ru+2].[Ru+2]. The zero-order valence-corrected chi connectivity index (χ0v) is 26.3. The van der Waals surface area contributed by atoms with Crippen molar-refractivity contribution in [2.45, 2.75) is 76.1 Å². The van der Waals surface area contributed by atoms with Crippen molar-refractivity contribution in [3.8, 4) is 0 Å². The van der Waals surface area contributed by atoms with Crippen LogP contribution in [-0.4, -0.2) is 48.6 Å². The molecular weight excluding hydrogens is 846 g/mol. The van der Waals surface area contributed by atoms with E-state index in [2.05, 4.69) is 48.6 Å². The van der Waals surface area contributed by atoms with E-state index in [0.717, 1.165) is 0 Å². The summed E-state index contributed by atoms with van der Waals surface area (Å²) in [5.41, 5.74) is 0. The largest absolute Gasteiger partial charge is 2.00 e. The van der Waals surface area contributed by atoms with E-state index in [9.17, 15) is 52.7 Å². The van der Waals surface area contributed by atoms with E-state index in [1.54, 1.807) is 0 Å². The molecule has 0 aromatic rings. The number of aliphatic carboxylic acids is 4. The van der Waals surface area contributed by atoms with Crippen molar-refractivity contribution in [1.29, 1.82) is 0 Å². The molecule has 2 aliphatic rings. The molecule has 0 aromatic heterocycles. The molecule has 0 spiro atoms. The Morgan fingerprint density at radius 2 is 0.391 bits per heavy atom. The minimum atomic E-state index is -5.19. The van der Waals surface area contributed by atoms with Crippen molar-refractivity contribution in [3.05, 3.63) is 48.6 Å². The van der Waals surface area contributed by atoms with Crippen molar-refractivity contribution >= 4 is 23.9 Å². The Labute approximate surface area is 279 Å². The topological polar surface area (TPSA) is 161 Å². The van der Waals surface area contributed by atoms with Crippen LogP contribution in [0.15, 0.2) is 48.6 Å². The normalized spacial score (nSPS) is 13.8. The van der Waals surface area contributed by atoms with Gasteiger partial charge in [0.2, 0.25) is 0 Å². The fourth-order valence-electron chi connectivity index (χ4n) is 1.71. The summed E-state index contributed by atoms with van der Waals surface area (Å²) in [6.07, 6.45) is 7.22. The molecule has 0 atom stereocenters. The summed E-state index contributed by atoms with van der Waals surface area (Å²) in [6.45, 7) is 0. The molecule has 46 heavy (non-hydrogen) atoms. The minimum Gasteiger partial charge on any atom is -0.542 e. The molecule has 0 N–H and O–H groups in total. The molecule has 0 aromatic carbocycles. The summed E-state index contributed by atoms with van der Waals surface area (Å²) in [5, 5.41) is 35.1. The van der Waals surface area contributed by atoms with Gasteiger partial charge in [-0.05, 0) is 51.4 Å². The molecule has 0 unspecified atom stereocenters. The number of alkyl halides is 12. The molecule has 22 heteroatoms. The van der Waals surface area contributed by atoms with Gasteiger partial charge >= 0.3 is 63.7 Å². The average Bonchev–Trinajstić information content (AvgIpc) is 2.77. The van der Waals surface area contributed by atoms with E-state index in [1.165, 1.54) is 51.4 Å². The van der Waals surface area contributed by atoms with Crippen LogP contribution in [0.5, 0.6) is 0 Å².